The van der Waals surface area contributed by atoms with Gasteiger partial charge in [-0.1, -0.05) is 72.3 Å². The first-order valence-electron chi connectivity index (χ1n) is 7.79. The lowest BCUT2D eigenvalue weighted by molar-refractivity contribution is -0.116. The molecule has 3 nitrogen and oxygen atoms in total. The first kappa shape index (κ1) is 16.8. The Morgan fingerprint density at radius 1 is 0.920 bits per heavy atom. The fourth-order valence-electron chi connectivity index (χ4n) is 2.68. The summed E-state index contributed by atoms with van der Waals surface area (Å²) in [7, 11) is 0. The minimum absolute atomic E-state index is 0.154. The van der Waals surface area contributed by atoms with Crippen LogP contribution in [0.25, 0.3) is 0 Å². The number of rotatable bonds is 4. The lowest BCUT2D eigenvalue weighted by atomic mass is 9.90. The quantitative estimate of drug-likeness (QED) is 0.724. The van der Waals surface area contributed by atoms with Crippen LogP contribution in [0.3, 0.4) is 0 Å². The Morgan fingerprint density at radius 3 is 1.96 bits per heavy atom. The van der Waals surface area contributed by atoms with Gasteiger partial charge in [-0.15, -0.1) is 0 Å². The van der Waals surface area contributed by atoms with Crippen LogP contribution in [0.2, 0.25) is 5.02 Å². The highest BCUT2D eigenvalue weighted by Crippen LogP contribution is 2.27. The van der Waals surface area contributed by atoms with E-state index in [4.69, 9.17) is 16.9 Å². The molecular formula is C21H15ClN2O. The molecule has 0 saturated carbocycles. The number of anilines is 1. The minimum atomic E-state index is -0.434. The zero-order chi connectivity index (χ0) is 17.6. The van der Waals surface area contributed by atoms with Crippen molar-refractivity contribution in [3.05, 3.63) is 101 Å². The highest BCUT2D eigenvalue weighted by atomic mass is 35.5. The Hall–Kier alpha value is -3.09. The van der Waals surface area contributed by atoms with E-state index in [1.807, 2.05) is 66.7 Å². The summed E-state index contributed by atoms with van der Waals surface area (Å²) in [5.74, 6) is -0.588. The number of benzene rings is 3. The molecule has 3 rings (SSSR count). The summed E-state index contributed by atoms with van der Waals surface area (Å²) in [6.07, 6.45) is 0. The molecule has 0 unspecified atom stereocenters. The van der Waals surface area contributed by atoms with Crippen molar-refractivity contribution >= 4 is 23.2 Å². The smallest absolute Gasteiger partial charge is 0.236 e. The summed E-state index contributed by atoms with van der Waals surface area (Å²) in [4.78, 5) is 13.0. The summed E-state index contributed by atoms with van der Waals surface area (Å²) in [5, 5.41) is 12.2. The fourth-order valence-corrected chi connectivity index (χ4v) is 2.91. The van der Waals surface area contributed by atoms with Crippen molar-refractivity contribution in [2.24, 2.45) is 0 Å². The van der Waals surface area contributed by atoms with Crippen LogP contribution in [0, 0.1) is 11.3 Å². The topological polar surface area (TPSA) is 52.9 Å². The number of halogens is 1. The van der Waals surface area contributed by atoms with Crippen molar-refractivity contribution < 1.29 is 4.79 Å². The van der Waals surface area contributed by atoms with Crippen LogP contribution in [-0.2, 0) is 4.79 Å². The molecule has 0 fully saturated rings. The van der Waals surface area contributed by atoms with Gasteiger partial charge in [-0.3, -0.25) is 4.79 Å². The Kier molecular flexibility index (Phi) is 5.13. The molecule has 0 heterocycles. The first-order valence-corrected chi connectivity index (χ1v) is 8.17. The maximum absolute atomic E-state index is 13.0. The van der Waals surface area contributed by atoms with Crippen molar-refractivity contribution in [2.45, 2.75) is 5.92 Å². The van der Waals surface area contributed by atoms with E-state index in [1.165, 1.54) is 0 Å². The second-order valence-electron chi connectivity index (χ2n) is 5.55. The highest BCUT2D eigenvalue weighted by molar-refractivity contribution is 6.32. The molecule has 0 aliphatic carbocycles. The monoisotopic (exact) mass is 346 g/mol. The predicted molar refractivity (Wildman–Crippen MR) is 99.5 cm³/mol. The van der Waals surface area contributed by atoms with Gasteiger partial charge in [0.05, 0.1) is 16.5 Å². The Labute approximate surface area is 151 Å². The summed E-state index contributed by atoms with van der Waals surface area (Å²) in [6.45, 7) is 0. The van der Waals surface area contributed by atoms with Crippen LogP contribution in [0.1, 0.15) is 22.6 Å². The molecule has 0 bridgehead atoms. The molecule has 0 radical (unpaired) electrons. The molecule has 0 spiro atoms. The molecule has 1 N–H and O–H groups in total. The summed E-state index contributed by atoms with van der Waals surface area (Å²) < 4.78 is 0. The normalized spacial score (nSPS) is 10.3. The van der Waals surface area contributed by atoms with E-state index in [2.05, 4.69) is 5.32 Å². The molecule has 0 aliphatic heterocycles. The number of nitrogens with one attached hydrogen (secondary N) is 1. The van der Waals surface area contributed by atoms with E-state index < -0.39 is 5.92 Å². The van der Waals surface area contributed by atoms with Gasteiger partial charge in [0.1, 0.15) is 6.07 Å². The van der Waals surface area contributed by atoms with E-state index in [0.29, 0.717) is 16.3 Å². The van der Waals surface area contributed by atoms with Crippen molar-refractivity contribution in [1.29, 1.82) is 5.26 Å². The maximum Gasteiger partial charge on any atom is 0.236 e. The van der Waals surface area contributed by atoms with Gasteiger partial charge in [-0.05, 0) is 29.3 Å². The molecular weight excluding hydrogens is 332 g/mol. The molecule has 3 aromatic rings. The van der Waals surface area contributed by atoms with Crippen LogP contribution >= 0.6 is 11.6 Å². The van der Waals surface area contributed by atoms with E-state index in [1.54, 1.807) is 18.2 Å². The van der Waals surface area contributed by atoms with E-state index in [9.17, 15) is 4.79 Å². The largest absolute Gasteiger partial charge is 0.325 e. The second kappa shape index (κ2) is 7.65. The van der Waals surface area contributed by atoms with Gasteiger partial charge in [0.15, 0.2) is 0 Å². The summed E-state index contributed by atoms with van der Waals surface area (Å²) in [5.41, 5.74) is 2.75. The molecule has 25 heavy (non-hydrogen) atoms. The molecule has 122 valence electrons. The third-order valence-corrected chi connectivity index (χ3v) is 4.20. The Bertz CT molecular complexity index is 878. The van der Waals surface area contributed by atoms with E-state index in [0.717, 1.165) is 11.1 Å². The van der Waals surface area contributed by atoms with Crippen molar-refractivity contribution in [3.8, 4) is 6.07 Å². The zero-order valence-corrected chi connectivity index (χ0v) is 14.1. The number of hydrogen-bond acceptors (Lipinski definition) is 2. The average molecular weight is 347 g/mol. The van der Waals surface area contributed by atoms with Gasteiger partial charge < -0.3 is 5.32 Å². The third-order valence-electron chi connectivity index (χ3n) is 3.89. The van der Waals surface area contributed by atoms with Gasteiger partial charge in [0.2, 0.25) is 5.91 Å². The number of nitrogens with zero attached hydrogens (tertiary/aromatic N) is 1. The predicted octanol–water partition coefficient (Wildman–Crippen LogP) is 4.98. The van der Waals surface area contributed by atoms with Crippen LogP contribution in [-0.4, -0.2) is 5.91 Å². The molecule has 0 atom stereocenters. The summed E-state index contributed by atoms with van der Waals surface area (Å²) in [6, 6.07) is 26.1. The highest BCUT2D eigenvalue weighted by Gasteiger charge is 2.22. The van der Waals surface area contributed by atoms with Gasteiger partial charge >= 0.3 is 0 Å². The maximum atomic E-state index is 13.0. The number of hydrogen-bond donors (Lipinski definition) is 1. The molecule has 0 aromatic heterocycles. The minimum Gasteiger partial charge on any atom is -0.325 e. The average Bonchev–Trinajstić information content (AvgIpc) is 2.64. The molecule has 1 amide bonds. The lowest BCUT2D eigenvalue weighted by Crippen LogP contribution is -2.22. The molecule has 4 heteroatoms. The van der Waals surface area contributed by atoms with Crippen LogP contribution in [0.4, 0.5) is 5.69 Å². The SMILES string of the molecule is N#Cc1ccc(NC(=O)C(c2ccccc2)c2ccccc2)cc1Cl. The number of carbonyl (C=O) groups excluding carboxylic acids is 1. The first-order chi connectivity index (χ1) is 12.2. The fraction of sp³-hybridized carbons (Fsp3) is 0.0476. The van der Waals surface area contributed by atoms with Crippen LogP contribution < -0.4 is 5.32 Å². The molecule has 0 saturated heterocycles. The number of carbonyl (C=O) groups is 1. The molecule has 3 aromatic carbocycles. The van der Waals surface area contributed by atoms with E-state index in [-0.39, 0.29) is 5.91 Å². The van der Waals surface area contributed by atoms with Gasteiger partial charge in [0.25, 0.3) is 0 Å². The van der Waals surface area contributed by atoms with Gasteiger partial charge in [-0.2, -0.15) is 5.26 Å². The van der Waals surface area contributed by atoms with Crippen LogP contribution in [0.5, 0.6) is 0 Å². The van der Waals surface area contributed by atoms with Gasteiger partial charge in [-0.25, -0.2) is 0 Å². The van der Waals surface area contributed by atoms with Crippen molar-refractivity contribution in [3.63, 3.8) is 0 Å². The Morgan fingerprint density at radius 2 is 1.48 bits per heavy atom. The van der Waals surface area contributed by atoms with Crippen molar-refractivity contribution in [1.82, 2.24) is 0 Å². The Balaban J connectivity index is 1.93. The van der Waals surface area contributed by atoms with Crippen molar-refractivity contribution in [2.75, 3.05) is 5.32 Å². The third kappa shape index (κ3) is 3.88. The standard InChI is InChI=1S/C21H15ClN2O/c22-19-13-18(12-11-17(19)14-23)24-21(25)20(15-7-3-1-4-8-15)16-9-5-2-6-10-16/h1-13,20H,(H,24,25). The number of nitriles is 1. The van der Waals surface area contributed by atoms with E-state index >= 15 is 0 Å². The summed E-state index contributed by atoms with van der Waals surface area (Å²) >= 11 is 6.05. The number of amides is 1. The van der Waals surface area contributed by atoms with Crippen LogP contribution in [0.15, 0.2) is 78.9 Å². The molecule has 0 aliphatic rings. The zero-order valence-electron chi connectivity index (χ0n) is 13.3. The second-order valence-corrected chi connectivity index (χ2v) is 5.96. The lowest BCUT2D eigenvalue weighted by Gasteiger charge is -2.18. The van der Waals surface area contributed by atoms with Gasteiger partial charge in [0, 0.05) is 5.69 Å².